The second-order valence-electron chi connectivity index (χ2n) is 8.00. The minimum absolute atomic E-state index is 0.0350. The molecule has 1 aromatic heterocycles. The Balaban J connectivity index is 1.53. The highest BCUT2D eigenvalue weighted by molar-refractivity contribution is 7.86. The topological polar surface area (TPSA) is 137 Å². The Kier molecular flexibility index (Phi) is 5.54. The zero-order valence-electron chi connectivity index (χ0n) is 17.6. The summed E-state index contributed by atoms with van der Waals surface area (Å²) >= 11 is 0. The van der Waals surface area contributed by atoms with Gasteiger partial charge in [-0.05, 0) is 24.6 Å². The number of amides is 1. The first-order valence-electron chi connectivity index (χ1n) is 9.92. The van der Waals surface area contributed by atoms with Crippen LogP contribution in [0.15, 0.2) is 36.5 Å². The fourth-order valence-electron chi connectivity index (χ4n) is 4.31. The third-order valence-electron chi connectivity index (χ3n) is 5.71. The van der Waals surface area contributed by atoms with Gasteiger partial charge in [-0.2, -0.15) is 13.5 Å². The summed E-state index contributed by atoms with van der Waals surface area (Å²) in [6.07, 6.45) is 1.55. The van der Waals surface area contributed by atoms with E-state index in [1.54, 1.807) is 6.20 Å². The molecule has 172 valence electrons. The van der Waals surface area contributed by atoms with Crippen LogP contribution < -0.4 is 4.90 Å². The molecule has 0 saturated carbocycles. The number of carbonyl (C=O) groups excluding carboxylic acids is 1. The first-order chi connectivity index (χ1) is 15.1. The molecule has 1 saturated heterocycles. The highest BCUT2D eigenvalue weighted by Gasteiger charge is 2.52. The molecule has 1 fully saturated rings. The molecule has 3 heterocycles. The summed E-state index contributed by atoms with van der Waals surface area (Å²) < 4.78 is 35.9. The van der Waals surface area contributed by atoms with Gasteiger partial charge in [0.2, 0.25) is 0 Å². The lowest BCUT2D eigenvalue weighted by Gasteiger charge is -2.42. The summed E-state index contributed by atoms with van der Waals surface area (Å²) in [6.45, 7) is 3.03. The molecule has 0 radical (unpaired) electrons. The fraction of sp³-hybridized carbons (Fsp3) is 0.474. The van der Waals surface area contributed by atoms with Crippen LogP contribution in [0.5, 0.6) is 0 Å². The fourth-order valence-corrected chi connectivity index (χ4v) is 4.93. The van der Waals surface area contributed by atoms with E-state index in [1.165, 1.54) is 29.2 Å². The zero-order chi connectivity index (χ0) is 23.1. The van der Waals surface area contributed by atoms with Gasteiger partial charge in [0.1, 0.15) is 18.1 Å². The Labute approximate surface area is 184 Å². The number of rotatable bonds is 6. The van der Waals surface area contributed by atoms with E-state index in [1.807, 2.05) is 22.6 Å². The van der Waals surface area contributed by atoms with Crippen LogP contribution in [0.2, 0.25) is 0 Å². The molecule has 13 heteroatoms. The van der Waals surface area contributed by atoms with Crippen molar-refractivity contribution < 1.29 is 27.1 Å². The first-order valence-corrected chi connectivity index (χ1v) is 11.7. The molecule has 0 aliphatic carbocycles. The van der Waals surface area contributed by atoms with Crippen LogP contribution >= 0.6 is 0 Å². The van der Waals surface area contributed by atoms with Gasteiger partial charge in [0.15, 0.2) is 0 Å². The Morgan fingerprint density at radius 1 is 1.28 bits per heavy atom. The van der Waals surface area contributed by atoms with Crippen LogP contribution in [0.4, 0.5) is 16.3 Å². The van der Waals surface area contributed by atoms with Crippen molar-refractivity contribution in [1.29, 1.82) is 0 Å². The Morgan fingerprint density at radius 2 is 2.00 bits per heavy atom. The number of nitro benzene ring substituents is 1. The highest BCUT2D eigenvalue weighted by Crippen LogP contribution is 2.40. The van der Waals surface area contributed by atoms with E-state index in [0.717, 1.165) is 12.1 Å². The third kappa shape index (κ3) is 4.25. The summed E-state index contributed by atoms with van der Waals surface area (Å²) in [5.41, 5.74) is -0.359. The third-order valence-corrected chi connectivity index (χ3v) is 6.33. The maximum Gasteiger partial charge on any atom is 0.412 e. The largest absolute Gasteiger partial charge is 0.444 e. The lowest BCUT2D eigenvalue weighted by Crippen LogP contribution is -2.57. The molecule has 12 nitrogen and oxygen atoms in total. The van der Waals surface area contributed by atoms with Gasteiger partial charge in [0, 0.05) is 31.2 Å². The molecular formula is C19H23N5O7S. The molecule has 1 amide bonds. The van der Waals surface area contributed by atoms with Crippen molar-refractivity contribution in [3.8, 4) is 0 Å². The minimum atomic E-state index is -3.72. The molecule has 0 N–H and O–H groups in total. The number of hydrogen-bond acceptors (Lipinski definition) is 9. The Morgan fingerprint density at radius 3 is 2.66 bits per heavy atom. The van der Waals surface area contributed by atoms with Crippen molar-refractivity contribution >= 4 is 27.7 Å². The van der Waals surface area contributed by atoms with Crippen LogP contribution in [0.3, 0.4) is 0 Å². The van der Waals surface area contributed by atoms with Crippen LogP contribution in [-0.2, 0) is 32.2 Å². The molecule has 0 spiro atoms. The highest BCUT2D eigenvalue weighted by atomic mass is 32.2. The molecule has 2 aliphatic heterocycles. The van der Waals surface area contributed by atoms with Crippen LogP contribution in [-0.4, -0.2) is 65.2 Å². The summed E-state index contributed by atoms with van der Waals surface area (Å²) in [7, 11) is -3.72. The van der Waals surface area contributed by atoms with E-state index < -0.39 is 32.9 Å². The molecule has 1 aromatic carbocycles. The number of aromatic nitrogens is 2. The van der Waals surface area contributed by atoms with Crippen LogP contribution in [0.1, 0.15) is 18.9 Å². The number of nitro groups is 1. The van der Waals surface area contributed by atoms with E-state index in [2.05, 4.69) is 5.10 Å². The molecule has 32 heavy (non-hydrogen) atoms. The molecule has 4 rings (SSSR count). The predicted octanol–water partition coefficient (Wildman–Crippen LogP) is 1.71. The number of hydrogen-bond donors (Lipinski definition) is 0. The van der Waals surface area contributed by atoms with Gasteiger partial charge in [0.05, 0.1) is 36.6 Å². The Hall–Kier alpha value is -3.19. The second-order valence-corrected chi connectivity index (χ2v) is 9.60. The second kappa shape index (κ2) is 8.06. The lowest BCUT2D eigenvalue weighted by atomic mass is 10.1. The van der Waals surface area contributed by atoms with Crippen molar-refractivity contribution in [1.82, 2.24) is 14.7 Å². The van der Waals surface area contributed by atoms with E-state index in [4.69, 9.17) is 8.92 Å². The van der Waals surface area contributed by atoms with Crippen molar-refractivity contribution in [2.45, 2.75) is 38.3 Å². The summed E-state index contributed by atoms with van der Waals surface area (Å²) in [5, 5.41) is 15.1. The number of non-ortho nitro benzene ring substituents is 1. The average molecular weight is 465 g/mol. The summed E-state index contributed by atoms with van der Waals surface area (Å²) in [5.74, 6) is 0.820. The van der Waals surface area contributed by atoms with Gasteiger partial charge >= 0.3 is 6.09 Å². The molecule has 0 bridgehead atoms. The smallest absolute Gasteiger partial charge is 0.412 e. The zero-order valence-corrected chi connectivity index (χ0v) is 18.4. The van der Waals surface area contributed by atoms with E-state index >= 15 is 0 Å². The van der Waals surface area contributed by atoms with Gasteiger partial charge in [0.25, 0.3) is 15.8 Å². The molecule has 2 atom stereocenters. The van der Waals surface area contributed by atoms with Gasteiger partial charge in [-0.25, -0.2) is 9.48 Å². The van der Waals surface area contributed by atoms with Crippen molar-refractivity contribution in [3.05, 3.63) is 52.2 Å². The maximum absolute atomic E-state index is 13.1. The number of carbonyl (C=O) groups is 1. The van der Waals surface area contributed by atoms with Gasteiger partial charge in [-0.3, -0.25) is 19.2 Å². The standard InChI is InChI=1S/C19H23N5O7S/c1-19(21-9-10-23-17(21)7-8-20-23)11-16(31-32(2,28)29)12-22(19)18(25)30-13-14-3-5-15(6-4-14)24(26)27/h3-8,16H,9-13H2,1-2H3/t16-,19+/m1/s1. The lowest BCUT2D eigenvalue weighted by molar-refractivity contribution is -0.384. The number of fused-ring (bicyclic) bond motifs is 1. The van der Waals surface area contributed by atoms with E-state index in [-0.39, 0.29) is 25.3 Å². The van der Waals surface area contributed by atoms with Crippen molar-refractivity contribution in [2.75, 3.05) is 24.2 Å². The van der Waals surface area contributed by atoms with E-state index in [9.17, 15) is 23.3 Å². The number of nitrogens with zero attached hydrogens (tertiary/aromatic N) is 5. The normalized spacial score (nSPS) is 22.8. The van der Waals surface area contributed by atoms with Crippen molar-refractivity contribution in [2.24, 2.45) is 0 Å². The Bertz CT molecular complexity index is 1130. The SMILES string of the molecule is C[C@@]1(N2CCn3nccc32)C[C@@H](OS(C)(=O)=O)CN1C(=O)OCc1ccc([N+](=O)[O-])cc1. The molecule has 0 unspecified atom stereocenters. The number of benzene rings is 1. The number of likely N-dealkylation sites (tertiary alicyclic amines) is 1. The molecule has 2 aromatic rings. The number of anilines is 1. The number of ether oxygens (including phenoxy) is 1. The monoisotopic (exact) mass is 465 g/mol. The minimum Gasteiger partial charge on any atom is -0.444 e. The maximum atomic E-state index is 13.1. The van der Waals surface area contributed by atoms with Crippen LogP contribution in [0, 0.1) is 10.1 Å². The van der Waals surface area contributed by atoms with E-state index in [0.29, 0.717) is 18.7 Å². The van der Waals surface area contributed by atoms with Gasteiger partial charge in [-0.1, -0.05) is 0 Å². The quantitative estimate of drug-likeness (QED) is 0.355. The molecular weight excluding hydrogens is 442 g/mol. The van der Waals surface area contributed by atoms with Gasteiger partial charge < -0.3 is 9.64 Å². The van der Waals surface area contributed by atoms with Crippen molar-refractivity contribution in [3.63, 3.8) is 0 Å². The van der Waals surface area contributed by atoms with Gasteiger partial charge in [-0.15, -0.1) is 0 Å². The van der Waals surface area contributed by atoms with Crippen LogP contribution in [0.25, 0.3) is 0 Å². The summed E-state index contributed by atoms with van der Waals surface area (Å²) in [4.78, 5) is 26.8. The summed E-state index contributed by atoms with van der Waals surface area (Å²) in [6, 6.07) is 7.55. The average Bonchev–Trinajstić information content (AvgIpc) is 3.40. The predicted molar refractivity (Wildman–Crippen MR) is 112 cm³/mol. The molecule has 2 aliphatic rings. The first kappa shape index (κ1) is 22.0.